The zero-order valence-electron chi connectivity index (χ0n) is 20.5. The predicted octanol–water partition coefficient (Wildman–Crippen LogP) is 4.61. The zero-order chi connectivity index (χ0) is 28.0. The fourth-order valence-electron chi connectivity index (χ4n) is 4.88. The second-order valence-electron chi connectivity index (χ2n) is 9.19. The Labute approximate surface area is 240 Å². The number of aromatic nitrogens is 1. The number of fused-ring (bicyclic) bond motifs is 2. The predicted molar refractivity (Wildman–Crippen MR) is 153 cm³/mol. The molecule has 0 bridgehead atoms. The Balaban J connectivity index is 1.24. The van der Waals surface area contributed by atoms with E-state index in [1.807, 2.05) is 0 Å². The number of nitrogens with zero attached hydrogens (tertiary/aromatic N) is 1. The van der Waals surface area contributed by atoms with Crippen LogP contribution in [0.4, 0.5) is 11.4 Å². The topological polar surface area (TPSA) is 129 Å². The van der Waals surface area contributed by atoms with Crippen molar-refractivity contribution in [3.05, 3.63) is 97.9 Å². The van der Waals surface area contributed by atoms with Crippen molar-refractivity contribution in [3.63, 3.8) is 0 Å². The van der Waals surface area contributed by atoms with Crippen molar-refractivity contribution in [1.82, 2.24) is 4.98 Å². The van der Waals surface area contributed by atoms with Gasteiger partial charge in [0.05, 0.1) is 16.6 Å². The monoisotopic (exact) mass is 593 g/mol. The fourth-order valence-corrected chi connectivity index (χ4v) is 7.52. The molecule has 1 aromatic heterocycles. The number of imide groups is 1. The molecule has 1 saturated heterocycles. The number of thiazole rings is 1. The molecule has 1 fully saturated rings. The number of nitrogens with one attached hydrogen (secondary N) is 2. The van der Waals surface area contributed by atoms with Gasteiger partial charge in [0.15, 0.2) is 6.61 Å². The molecule has 0 saturated carbocycles. The first-order valence-corrected chi connectivity index (χ1v) is 14.2. The molecule has 3 N–H and O–H groups in total. The molecule has 3 atom stereocenters. The SMILES string of the molecule is O=C(COc1ccc([C@@H]2c3sc(=O)[nH]c3S[C@H]3C(=O)N(c4ccc(Cl)cc4)C(=O)[C@@H]23)cc1)Nc1ccc(O)cc1. The van der Waals surface area contributed by atoms with Crippen LogP contribution >= 0.6 is 34.7 Å². The standard InChI is InChI=1S/C28H20ClN3O6S2/c29-15-3-7-17(8-4-15)32-26(35)22-21(23-25(31-28(37)40-23)39-24(22)27(32)36)14-1-11-19(12-2-14)38-13-20(34)30-16-5-9-18(33)10-6-16/h1-12,21-22,24,33H,13H2,(H,30,34)(H,31,37)/t21-,22-,24+/m0/s1. The van der Waals surface area contributed by atoms with Crippen LogP contribution in [0.5, 0.6) is 11.5 Å². The molecule has 12 heteroatoms. The first-order valence-electron chi connectivity index (χ1n) is 12.1. The summed E-state index contributed by atoms with van der Waals surface area (Å²) in [6.45, 7) is -0.238. The lowest BCUT2D eigenvalue weighted by Gasteiger charge is -2.29. The maximum atomic E-state index is 13.7. The lowest BCUT2D eigenvalue weighted by molar-refractivity contribution is -0.122. The van der Waals surface area contributed by atoms with Gasteiger partial charge in [-0.25, -0.2) is 4.90 Å². The average molecular weight is 594 g/mol. The number of hydrogen-bond donors (Lipinski definition) is 3. The van der Waals surface area contributed by atoms with E-state index < -0.39 is 17.1 Å². The molecule has 3 amide bonds. The van der Waals surface area contributed by atoms with Gasteiger partial charge in [0.2, 0.25) is 11.8 Å². The molecule has 40 heavy (non-hydrogen) atoms. The summed E-state index contributed by atoms with van der Waals surface area (Å²) >= 11 is 8.25. The normalized spacial score (nSPS) is 19.7. The molecule has 6 rings (SSSR count). The third-order valence-electron chi connectivity index (χ3n) is 6.67. The van der Waals surface area contributed by atoms with Crippen LogP contribution in [0.3, 0.4) is 0 Å². The Morgan fingerprint density at radius 3 is 2.38 bits per heavy atom. The summed E-state index contributed by atoms with van der Waals surface area (Å²) in [4.78, 5) is 56.2. The zero-order valence-corrected chi connectivity index (χ0v) is 22.9. The Morgan fingerprint density at radius 1 is 0.975 bits per heavy atom. The van der Waals surface area contributed by atoms with Crippen molar-refractivity contribution in [1.29, 1.82) is 0 Å². The van der Waals surface area contributed by atoms with E-state index in [9.17, 15) is 24.3 Å². The van der Waals surface area contributed by atoms with E-state index in [1.54, 1.807) is 60.7 Å². The highest BCUT2D eigenvalue weighted by molar-refractivity contribution is 8.00. The van der Waals surface area contributed by atoms with Gasteiger partial charge in [-0.3, -0.25) is 19.2 Å². The summed E-state index contributed by atoms with van der Waals surface area (Å²) in [6.07, 6.45) is 0. The molecule has 0 aliphatic carbocycles. The molecule has 9 nitrogen and oxygen atoms in total. The third kappa shape index (κ3) is 4.87. The van der Waals surface area contributed by atoms with E-state index in [-0.39, 0.29) is 35.0 Å². The lowest BCUT2D eigenvalue weighted by Crippen LogP contribution is -2.32. The first-order chi connectivity index (χ1) is 19.3. The van der Waals surface area contributed by atoms with E-state index in [0.717, 1.165) is 16.9 Å². The minimum absolute atomic E-state index is 0.0950. The number of H-pyrrole nitrogens is 1. The van der Waals surface area contributed by atoms with Gasteiger partial charge < -0.3 is 20.1 Å². The number of ether oxygens (including phenoxy) is 1. The summed E-state index contributed by atoms with van der Waals surface area (Å²) in [5.41, 5.74) is 1.71. The van der Waals surface area contributed by atoms with Gasteiger partial charge in [0, 0.05) is 21.5 Å². The van der Waals surface area contributed by atoms with Crippen LogP contribution in [-0.2, 0) is 14.4 Å². The number of thioether (sulfide) groups is 1. The van der Waals surface area contributed by atoms with Gasteiger partial charge in [-0.05, 0) is 66.2 Å². The van der Waals surface area contributed by atoms with Gasteiger partial charge in [-0.15, -0.1) is 0 Å². The Kier molecular flexibility index (Phi) is 6.87. The molecule has 0 unspecified atom stereocenters. The van der Waals surface area contributed by atoms with Crippen molar-refractivity contribution in [2.24, 2.45) is 5.92 Å². The number of amides is 3. The quantitative estimate of drug-likeness (QED) is 0.220. The number of rotatable bonds is 6. The van der Waals surface area contributed by atoms with Crippen LogP contribution in [0.2, 0.25) is 5.02 Å². The smallest absolute Gasteiger partial charge is 0.305 e. The second-order valence-corrected chi connectivity index (χ2v) is 11.8. The molecular formula is C28H20ClN3O6S2. The maximum absolute atomic E-state index is 13.7. The number of halogens is 1. The molecule has 0 spiro atoms. The molecule has 2 aliphatic rings. The van der Waals surface area contributed by atoms with Crippen LogP contribution in [0.1, 0.15) is 16.4 Å². The minimum atomic E-state index is -0.713. The number of aromatic hydroxyl groups is 1. The van der Waals surface area contributed by atoms with Crippen LogP contribution in [-0.4, -0.2) is 39.7 Å². The highest BCUT2D eigenvalue weighted by atomic mass is 35.5. The summed E-state index contributed by atoms with van der Waals surface area (Å²) in [5.74, 6) is -1.76. The summed E-state index contributed by atoms with van der Waals surface area (Å²) in [6, 6.07) is 19.5. The van der Waals surface area contributed by atoms with E-state index >= 15 is 0 Å². The number of aromatic amines is 1. The summed E-state index contributed by atoms with van der Waals surface area (Å²) in [5, 5.41) is 12.4. The minimum Gasteiger partial charge on any atom is -0.508 e. The molecule has 0 radical (unpaired) electrons. The maximum Gasteiger partial charge on any atom is 0.305 e. The Hall–Kier alpha value is -4.06. The average Bonchev–Trinajstić information content (AvgIpc) is 3.44. The van der Waals surface area contributed by atoms with Gasteiger partial charge in [0.25, 0.3) is 5.91 Å². The van der Waals surface area contributed by atoms with Crippen molar-refractivity contribution >= 4 is 63.8 Å². The fraction of sp³-hybridized carbons (Fsp3) is 0.143. The van der Waals surface area contributed by atoms with Crippen LogP contribution in [0.15, 0.2) is 82.6 Å². The van der Waals surface area contributed by atoms with E-state index in [1.165, 1.54) is 28.8 Å². The lowest BCUT2D eigenvalue weighted by atomic mass is 9.83. The summed E-state index contributed by atoms with van der Waals surface area (Å²) in [7, 11) is 0. The number of anilines is 2. The van der Waals surface area contributed by atoms with Crippen molar-refractivity contribution < 1.29 is 24.2 Å². The number of phenolic OH excluding ortho intramolecular Hbond substituents is 1. The molecule has 2 aliphatic heterocycles. The van der Waals surface area contributed by atoms with E-state index in [2.05, 4.69) is 10.3 Å². The number of carbonyl (C=O) groups is 3. The third-order valence-corrected chi connectivity index (χ3v) is 9.32. The van der Waals surface area contributed by atoms with Crippen LogP contribution < -0.4 is 19.8 Å². The van der Waals surface area contributed by atoms with Gasteiger partial charge >= 0.3 is 4.87 Å². The Bertz CT molecular complexity index is 1670. The molecule has 4 aromatic rings. The highest BCUT2D eigenvalue weighted by Crippen LogP contribution is 2.53. The number of phenols is 1. The van der Waals surface area contributed by atoms with Crippen molar-refractivity contribution in [2.45, 2.75) is 16.2 Å². The first kappa shape index (κ1) is 26.2. The van der Waals surface area contributed by atoms with E-state index in [4.69, 9.17) is 16.3 Å². The van der Waals surface area contributed by atoms with Gasteiger partial charge in [-0.2, -0.15) is 0 Å². The largest absolute Gasteiger partial charge is 0.508 e. The number of carbonyl (C=O) groups excluding carboxylic acids is 3. The molecule has 202 valence electrons. The number of benzene rings is 3. The summed E-state index contributed by atoms with van der Waals surface area (Å²) < 4.78 is 5.63. The highest BCUT2D eigenvalue weighted by Gasteiger charge is 2.56. The Morgan fingerprint density at radius 2 is 1.68 bits per heavy atom. The van der Waals surface area contributed by atoms with Crippen LogP contribution in [0.25, 0.3) is 0 Å². The van der Waals surface area contributed by atoms with E-state index in [0.29, 0.717) is 32.1 Å². The van der Waals surface area contributed by atoms with Crippen LogP contribution in [0, 0.1) is 5.92 Å². The van der Waals surface area contributed by atoms with Gasteiger partial charge in [-0.1, -0.05) is 46.8 Å². The second kappa shape index (κ2) is 10.5. The molecule has 3 heterocycles. The number of hydrogen-bond acceptors (Lipinski definition) is 8. The van der Waals surface area contributed by atoms with Crippen molar-refractivity contribution in [2.75, 3.05) is 16.8 Å². The van der Waals surface area contributed by atoms with Gasteiger partial charge in [0.1, 0.15) is 16.7 Å². The van der Waals surface area contributed by atoms with Crippen molar-refractivity contribution in [3.8, 4) is 11.5 Å². The molecule has 3 aromatic carbocycles. The molecular weight excluding hydrogens is 574 g/mol.